The SMILES string of the molecule is COc1c(O)c2c(=O)cc(CO)c3c4c(CO)cc(NC(C)OC=O)c5c(=O)c(CC(C(=O)O)C(C)C)c6c(c(c1C(C(C)=O)C(C)=C6)c23)c54. The van der Waals surface area contributed by atoms with E-state index in [9.17, 15) is 39.6 Å². The van der Waals surface area contributed by atoms with Crippen LogP contribution >= 0.6 is 0 Å². The number of carboxylic acids is 1. The summed E-state index contributed by atoms with van der Waals surface area (Å²) in [5.41, 5.74) is 0.649. The molecule has 0 heterocycles. The zero-order chi connectivity index (χ0) is 36.5. The van der Waals surface area contributed by atoms with E-state index in [1.807, 2.05) is 0 Å². The molecule has 0 fully saturated rings. The molecule has 0 aliphatic heterocycles. The Balaban J connectivity index is 2.08. The van der Waals surface area contributed by atoms with E-state index >= 15 is 4.79 Å². The first-order valence-corrected chi connectivity index (χ1v) is 16.2. The first-order chi connectivity index (χ1) is 23.7. The summed E-state index contributed by atoms with van der Waals surface area (Å²) in [4.78, 5) is 66.3. The number of rotatable bonds is 12. The van der Waals surface area contributed by atoms with Gasteiger partial charge in [0, 0.05) is 27.6 Å². The zero-order valence-electron chi connectivity index (χ0n) is 28.4. The van der Waals surface area contributed by atoms with Gasteiger partial charge in [0.2, 0.25) is 0 Å². The number of ether oxygens (including phenoxy) is 2. The molecule has 5 aromatic carbocycles. The van der Waals surface area contributed by atoms with Crippen LogP contribution in [0.25, 0.3) is 49.2 Å². The van der Waals surface area contributed by atoms with Crippen LogP contribution in [-0.4, -0.2) is 52.0 Å². The number of allylic oxidation sites excluding steroid dienone is 1. The molecule has 0 saturated carbocycles. The van der Waals surface area contributed by atoms with Gasteiger partial charge >= 0.3 is 5.97 Å². The number of methoxy groups -OCH3 is 1. The van der Waals surface area contributed by atoms with Gasteiger partial charge in [0.25, 0.3) is 6.47 Å². The summed E-state index contributed by atoms with van der Waals surface area (Å²) in [6.45, 7) is 7.15. The van der Waals surface area contributed by atoms with Gasteiger partial charge in [-0.15, -0.1) is 0 Å². The molecule has 5 N–H and O–H groups in total. The minimum atomic E-state index is -1.11. The summed E-state index contributed by atoms with van der Waals surface area (Å²) in [6.07, 6.45) is 0.543. The van der Waals surface area contributed by atoms with Crippen LogP contribution in [0.5, 0.6) is 11.5 Å². The van der Waals surface area contributed by atoms with Crippen LogP contribution in [0, 0.1) is 11.8 Å². The highest BCUT2D eigenvalue weighted by Crippen LogP contribution is 2.55. The molecule has 3 unspecified atom stereocenters. The van der Waals surface area contributed by atoms with Gasteiger partial charge in [0.05, 0.1) is 42.9 Å². The Hall–Kier alpha value is -5.33. The monoisotopic (exact) mass is 683 g/mol. The number of anilines is 1. The van der Waals surface area contributed by atoms with Gasteiger partial charge in [-0.1, -0.05) is 25.5 Å². The van der Waals surface area contributed by atoms with E-state index < -0.39 is 53.9 Å². The maximum absolute atomic E-state index is 15.0. The number of aliphatic carboxylic acids is 1. The van der Waals surface area contributed by atoms with Crippen molar-refractivity contribution in [3.05, 3.63) is 66.0 Å². The van der Waals surface area contributed by atoms with Crippen molar-refractivity contribution in [1.29, 1.82) is 0 Å². The van der Waals surface area contributed by atoms with E-state index in [4.69, 9.17) is 9.47 Å². The van der Waals surface area contributed by atoms with Crippen molar-refractivity contribution in [2.75, 3.05) is 12.4 Å². The number of phenols is 1. The fourth-order valence-electron chi connectivity index (χ4n) is 7.99. The van der Waals surface area contributed by atoms with E-state index in [0.717, 1.165) is 0 Å². The van der Waals surface area contributed by atoms with Crippen LogP contribution in [0.15, 0.2) is 27.3 Å². The Kier molecular flexibility index (Phi) is 8.65. The number of aromatic hydroxyl groups is 1. The van der Waals surface area contributed by atoms with Crippen molar-refractivity contribution in [2.45, 2.75) is 66.4 Å². The highest BCUT2D eigenvalue weighted by atomic mass is 16.5. The summed E-state index contributed by atoms with van der Waals surface area (Å²) in [5.74, 6) is -4.46. The van der Waals surface area contributed by atoms with E-state index in [1.165, 1.54) is 33.1 Å². The first kappa shape index (κ1) is 34.5. The molecule has 0 amide bonds. The lowest BCUT2D eigenvalue weighted by molar-refractivity contribution is -0.143. The van der Waals surface area contributed by atoms with Crippen LogP contribution in [-0.2, 0) is 38.8 Å². The predicted molar refractivity (Wildman–Crippen MR) is 188 cm³/mol. The van der Waals surface area contributed by atoms with Crippen molar-refractivity contribution in [2.24, 2.45) is 11.8 Å². The molecule has 1 aliphatic carbocycles. The topological polar surface area (TPSA) is 197 Å². The van der Waals surface area contributed by atoms with Gasteiger partial charge in [-0.2, -0.15) is 0 Å². The van der Waals surface area contributed by atoms with Gasteiger partial charge in [-0.25, -0.2) is 0 Å². The van der Waals surface area contributed by atoms with Gasteiger partial charge in [0.15, 0.2) is 28.6 Å². The molecule has 12 nitrogen and oxygen atoms in total. The number of hydrogen-bond acceptors (Lipinski definition) is 11. The molecule has 0 spiro atoms. The van der Waals surface area contributed by atoms with Crippen molar-refractivity contribution in [3.63, 3.8) is 0 Å². The molecule has 0 aromatic heterocycles. The summed E-state index contributed by atoms with van der Waals surface area (Å²) in [5, 5.41) is 48.3. The second kappa shape index (κ2) is 12.5. The molecule has 12 heteroatoms. The number of nitrogens with one attached hydrogen (secondary N) is 1. The third-order valence-corrected chi connectivity index (χ3v) is 10.1. The lowest BCUT2D eigenvalue weighted by Gasteiger charge is -2.27. The minimum Gasteiger partial charge on any atom is -0.504 e. The number of hydrogen-bond donors (Lipinski definition) is 5. The second-order valence-electron chi connectivity index (χ2n) is 13.3. The number of phenolic OH excluding ortho intramolecular Hbond substituents is 1. The molecular weight excluding hydrogens is 646 g/mol. The second-order valence-corrected chi connectivity index (χ2v) is 13.3. The molecule has 50 heavy (non-hydrogen) atoms. The third kappa shape index (κ3) is 4.84. The number of Topliss-reactive ketones (excluding diaryl/α,β-unsaturated/α-hetero) is 1. The molecule has 0 saturated heterocycles. The quantitative estimate of drug-likeness (QED) is 0.0535. The maximum Gasteiger partial charge on any atom is 0.307 e. The number of carbonyl (C=O) groups is 3. The first-order valence-electron chi connectivity index (χ1n) is 16.2. The zero-order valence-corrected chi connectivity index (χ0v) is 28.4. The number of carbonyl (C=O) groups excluding carboxylic acids is 2. The number of benzene rings is 5. The Labute approximate surface area is 285 Å². The molecule has 0 radical (unpaired) electrons. The largest absolute Gasteiger partial charge is 0.504 e. The predicted octanol–water partition coefficient (Wildman–Crippen LogP) is 4.51. The normalized spacial score (nSPS) is 15.5. The summed E-state index contributed by atoms with van der Waals surface area (Å²) in [7, 11) is 1.30. The number of aliphatic hydroxyl groups is 2. The van der Waals surface area contributed by atoms with E-state index in [0.29, 0.717) is 32.7 Å². The number of aliphatic hydroxyl groups excluding tert-OH is 2. The number of carboxylic acid groups (broad SMARTS) is 1. The van der Waals surface area contributed by atoms with Crippen molar-refractivity contribution >= 4 is 73.1 Å². The molecule has 6 rings (SSSR count). The Bertz CT molecular complexity index is 2410. The van der Waals surface area contributed by atoms with Crippen LogP contribution in [0.1, 0.15) is 68.4 Å². The number of ketones is 1. The molecular formula is C38H37NO11. The highest BCUT2D eigenvalue weighted by Gasteiger charge is 2.37. The highest BCUT2D eigenvalue weighted by molar-refractivity contribution is 6.39. The molecule has 260 valence electrons. The lowest BCUT2D eigenvalue weighted by Crippen LogP contribution is -2.27. The van der Waals surface area contributed by atoms with Gasteiger partial charge < -0.3 is 35.2 Å². The fraction of sp³-hybridized carbons (Fsp3) is 0.342. The van der Waals surface area contributed by atoms with Gasteiger partial charge in [-0.05, 0) is 83.5 Å². The molecule has 3 atom stereocenters. The Morgan fingerprint density at radius 1 is 0.940 bits per heavy atom. The van der Waals surface area contributed by atoms with Gasteiger partial charge in [-0.3, -0.25) is 24.0 Å². The van der Waals surface area contributed by atoms with Crippen LogP contribution in [0.3, 0.4) is 0 Å². The average molecular weight is 684 g/mol. The Morgan fingerprint density at radius 3 is 2.10 bits per heavy atom. The van der Waals surface area contributed by atoms with Crippen molar-refractivity contribution in [3.8, 4) is 11.5 Å². The molecule has 1 aliphatic rings. The maximum atomic E-state index is 15.0. The molecule has 0 bridgehead atoms. The lowest BCUT2D eigenvalue weighted by atomic mass is 9.78. The van der Waals surface area contributed by atoms with Crippen LogP contribution in [0.4, 0.5) is 5.69 Å². The summed E-state index contributed by atoms with van der Waals surface area (Å²) < 4.78 is 10.9. The summed E-state index contributed by atoms with van der Waals surface area (Å²) >= 11 is 0. The standard InChI is InChI=1S/C38H37NO11/c1-14(2)20(38(47)48)10-22-21-7-15(3)25(16(4)43)34-33-28(21)31-26(18(11-40)8-23(29(31)35(22)45)39-17(5)50-13-42)27-19(12-41)9-24(44)30(32(27)33)36(46)37(34)49-6/h7-9,13-14,17,20,25,39-41,46H,10-12H2,1-6H3,(H,47,48). The van der Waals surface area contributed by atoms with Crippen molar-refractivity contribution < 1.29 is 44.3 Å². The van der Waals surface area contributed by atoms with E-state index in [1.54, 1.807) is 26.8 Å². The van der Waals surface area contributed by atoms with E-state index in [-0.39, 0.29) is 79.8 Å². The van der Waals surface area contributed by atoms with Crippen LogP contribution in [0.2, 0.25) is 0 Å². The smallest absolute Gasteiger partial charge is 0.307 e. The third-order valence-electron chi connectivity index (χ3n) is 10.1. The van der Waals surface area contributed by atoms with E-state index in [2.05, 4.69) is 5.32 Å². The average Bonchev–Trinajstić information content (AvgIpc) is 3.18. The van der Waals surface area contributed by atoms with Crippen LogP contribution < -0.4 is 20.9 Å². The van der Waals surface area contributed by atoms with Crippen molar-refractivity contribution in [1.82, 2.24) is 0 Å². The fourth-order valence-corrected chi connectivity index (χ4v) is 7.99. The van der Waals surface area contributed by atoms with Gasteiger partial charge in [0.1, 0.15) is 5.78 Å². The Morgan fingerprint density at radius 2 is 1.56 bits per heavy atom. The number of fused-ring (bicyclic) bond motifs is 1. The molecule has 5 aromatic rings. The minimum absolute atomic E-state index is 0.0828. The summed E-state index contributed by atoms with van der Waals surface area (Å²) in [6, 6.07) is 2.70.